The van der Waals surface area contributed by atoms with Gasteiger partial charge < -0.3 is 9.26 Å². The lowest BCUT2D eigenvalue weighted by molar-refractivity contribution is 0.0606. The van der Waals surface area contributed by atoms with Crippen LogP contribution in [-0.4, -0.2) is 26.7 Å². The number of carbonyl (C=O) groups is 1. The highest BCUT2D eigenvalue weighted by atomic mass is 35.5. The molecule has 108 valence electrons. The van der Waals surface area contributed by atoms with Gasteiger partial charge in [0.05, 0.1) is 18.4 Å². The van der Waals surface area contributed by atoms with Crippen molar-refractivity contribution in [2.45, 2.75) is 11.8 Å². The molecule has 0 fully saturated rings. The Hall–Kier alpha value is -1.42. The highest BCUT2D eigenvalue weighted by molar-refractivity contribution is 7.89. The van der Waals surface area contributed by atoms with Gasteiger partial charge in [-0.15, -0.1) is 11.3 Å². The van der Waals surface area contributed by atoms with Crippen molar-refractivity contribution in [3.63, 3.8) is 0 Å². The van der Waals surface area contributed by atoms with Gasteiger partial charge in [-0.05, 0) is 6.92 Å². The molecule has 2 aromatic rings. The summed E-state index contributed by atoms with van der Waals surface area (Å²) in [6.07, 6.45) is 0. The van der Waals surface area contributed by atoms with E-state index in [0.29, 0.717) is 5.69 Å². The Morgan fingerprint density at radius 2 is 2.20 bits per heavy atom. The minimum atomic E-state index is -4.05. The largest absolute Gasteiger partial charge is 0.465 e. The van der Waals surface area contributed by atoms with Crippen molar-refractivity contribution < 1.29 is 22.5 Å². The van der Waals surface area contributed by atoms with Crippen LogP contribution in [0.25, 0.3) is 11.3 Å². The van der Waals surface area contributed by atoms with Crippen molar-refractivity contribution in [1.82, 2.24) is 5.16 Å². The van der Waals surface area contributed by atoms with E-state index in [-0.39, 0.29) is 26.1 Å². The fraction of sp³-hybridized carbons (Fsp3) is 0.200. The van der Waals surface area contributed by atoms with E-state index in [1.54, 1.807) is 6.92 Å². The second-order valence-corrected chi connectivity index (χ2v) is 6.54. The number of aryl methyl sites for hydroxylation is 1. The number of nitrogens with zero attached hydrogens (tertiary/aromatic N) is 1. The van der Waals surface area contributed by atoms with Crippen molar-refractivity contribution in [1.29, 1.82) is 0 Å². The Kier molecular flexibility index (Phi) is 3.87. The molecule has 0 unspecified atom stereocenters. The normalized spacial score (nSPS) is 11.6. The molecule has 0 aromatic carbocycles. The van der Waals surface area contributed by atoms with Crippen LogP contribution in [0.1, 0.15) is 15.4 Å². The highest BCUT2D eigenvalue weighted by Crippen LogP contribution is 2.40. The number of methoxy groups -OCH3 is 1. The summed E-state index contributed by atoms with van der Waals surface area (Å²) < 4.78 is 32.8. The number of rotatable bonds is 3. The number of hydrogen-bond donors (Lipinski definition) is 1. The number of primary sulfonamides is 1. The molecule has 0 aliphatic heterocycles. The topological polar surface area (TPSA) is 112 Å². The Morgan fingerprint density at radius 3 is 2.65 bits per heavy atom. The minimum absolute atomic E-state index is 0.0228. The predicted octanol–water partition coefficient (Wildman–Crippen LogP) is 1.80. The second kappa shape index (κ2) is 5.17. The Bertz CT molecular complexity index is 778. The van der Waals surface area contributed by atoms with Crippen LogP contribution in [0.4, 0.5) is 0 Å². The van der Waals surface area contributed by atoms with Crippen LogP contribution in [-0.2, 0) is 14.8 Å². The first-order valence-corrected chi connectivity index (χ1v) is 7.92. The van der Waals surface area contributed by atoms with E-state index in [1.807, 2.05) is 0 Å². The Balaban J connectivity index is 2.80. The molecular formula is C10H9ClN2O5S2. The van der Waals surface area contributed by atoms with Gasteiger partial charge in [-0.2, -0.15) is 0 Å². The van der Waals surface area contributed by atoms with Crippen molar-refractivity contribution >= 4 is 38.9 Å². The average molecular weight is 337 g/mol. The van der Waals surface area contributed by atoms with E-state index >= 15 is 0 Å². The Morgan fingerprint density at radius 1 is 1.55 bits per heavy atom. The fourth-order valence-corrected chi connectivity index (χ4v) is 3.75. The van der Waals surface area contributed by atoms with E-state index in [1.165, 1.54) is 12.5 Å². The molecule has 0 saturated carbocycles. The lowest BCUT2D eigenvalue weighted by atomic mass is 10.2. The van der Waals surface area contributed by atoms with Crippen molar-refractivity contribution in [3.05, 3.63) is 21.0 Å². The summed E-state index contributed by atoms with van der Waals surface area (Å²) >= 11 is 6.87. The number of aromatic nitrogens is 1. The molecule has 0 radical (unpaired) electrons. The summed E-state index contributed by atoms with van der Waals surface area (Å²) in [5.74, 6) is -0.750. The lowest BCUT2D eigenvalue weighted by Gasteiger charge is -2.02. The minimum Gasteiger partial charge on any atom is -0.465 e. The maximum Gasteiger partial charge on any atom is 0.348 e. The van der Waals surface area contributed by atoms with Crippen LogP contribution in [0, 0.1) is 6.92 Å². The molecule has 0 amide bonds. The van der Waals surface area contributed by atoms with Crippen LogP contribution in [0.3, 0.4) is 0 Å². The van der Waals surface area contributed by atoms with Crippen molar-refractivity contribution in [2.24, 2.45) is 5.14 Å². The molecule has 0 atom stereocenters. The molecule has 2 rings (SSSR count). The number of thiophene rings is 1. The Labute approximate surface area is 123 Å². The molecule has 0 saturated heterocycles. The molecule has 0 bridgehead atoms. The number of sulfonamides is 1. The number of carbonyl (C=O) groups excluding carboxylic acids is 1. The van der Waals surface area contributed by atoms with Gasteiger partial charge in [0, 0.05) is 5.38 Å². The molecule has 0 aliphatic rings. The molecule has 2 heterocycles. The summed E-state index contributed by atoms with van der Waals surface area (Å²) in [6.45, 7) is 1.58. The van der Waals surface area contributed by atoms with Gasteiger partial charge in [-0.25, -0.2) is 18.4 Å². The number of halogens is 1. The molecule has 10 heteroatoms. The molecular weight excluding hydrogens is 328 g/mol. The van der Waals surface area contributed by atoms with E-state index in [9.17, 15) is 13.2 Å². The van der Waals surface area contributed by atoms with Gasteiger partial charge in [0.25, 0.3) is 0 Å². The second-order valence-electron chi connectivity index (χ2n) is 3.75. The quantitative estimate of drug-likeness (QED) is 0.855. The predicted molar refractivity (Wildman–Crippen MR) is 72.3 cm³/mol. The zero-order valence-electron chi connectivity index (χ0n) is 10.3. The summed E-state index contributed by atoms with van der Waals surface area (Å²) in [5.41, 5.74) is 0.332. The van der Waals surface area contributed by atoms with Crippen LogP contribution < -0.4 is 5.14 Å². The van der Waals surface area contributed by atoms with E-state index < -0.39 is 16.0 Å². The third-order valence-corrected chi connectivity index (χ3v) is 4.94. The van der Waals surface area contributed by atoms with Crippen LogP contribution in [0.5, 0.6) is 0 Å². The lowest BCUT2D eigenvalue weighted by Crippen LogP contribution is -2.13. The summed E-state index contributed by atoms with van der Waals surface area (Å²) in [7, 11) is -2.88. The third kappa shape index (κ3) is 2.44. The van der Waals surface area contributed by atoms with Gasteiger partial charge in [-0.1, -0.05) is 16.8 Å². The number of nitrogens with two attached hydrogens (primary N) is 1. The molecule has 0 aliphatic carbocycles. The monoisotopic (exact) mass is 336 g/mol. The van der Waals surface area contributed by atoms with Crippen LogP contribution in [0.2, 0.25) is 5.02 Å². The van der Waals surface area contributed by atoms with Gasteiger partial charge in [-0.3, -0.25) is 0 Å². The van der Waals surface area contributed by atoms with Crippen molar-refractivity contribution in [2.75, 3.05) is 7.11 Å². The number of hydrogen-bond acceptors (Lipinski definition) is 7. The van der Waals surface area contributed by atoms with Crippen LogP contribution >= 0.6 is 22.9 Å². The van der Waals surface area contributed by atoms with Crippen molar-refractivity contribution in [3.8, 4) is 11.3 Å². The molecule has 20 heavy (non-hydrogen) atoms. The maximum absolute atomic E-state index is 11.7. The first-order valence-electron chi connectivity index (χ1n) is 5.12. The maximum atomic E-state index is 11.7. The molecule has 0 spiro atoms. The first kappa shape index (κ1) is 15.0. The standard InChI is InChI=1S/C10H9ClN2O5S2/c1-4-7(11)8(18-13-4)6-5(20(12,15)16)3-19-9(6)10(14)17-2/h3H,1-2H3,(H2,12,15,16). The zero-order valence-corrected chi connectivity index (χ0v) is 12.7. The van der Waals surface area contributed by atoms with Gasteiger partial charge >= 0.3 is 5.97 Å². The molecule has 2 N–H and O–H groups in total. The fourth-order valence-electron chi connectivity index (χ4n) is 1.52. The van der Waals surface area contributed by atoms with Gasteiger partial charge in [0.2, 0.25) is 10.0 Å². The van der Waals surface area contributed by atoms with Gasteiger partial charge in [0.1, 0.15) is 14.8 Å². The van der Waals surface area contributed by atoms with E-state index in [0.717, 1.165) is 11.3 Å². The zero-order chi connectivity index (χ0) is 15.1. The average Bonchev–Trinajstić information content (AvgIpc) is 2.93. The third-order valence-electron chi connectivity index (χ3n) is 2.45. The SMILES string of the molecule is COC(=O)c1scc(S(N)(=O)=O)c1-c1onc(C)c1Cl. The number of ether oxygens (including phenoxy) is 1. The summed E-state index contributed by atoms with van der Waals surface area (Å²) in [4.78, 5) is 11.5. The smallest absolute Gasteiger partial charge is 0.348 e. The summed E-state index contributed by atoms with van der Waals surface area (Å²) in [5, 5.41) is 10.1. The molecule has 7 nitrogen and oxygen atoms in total. The number of esters is 1. The molecule has 2 aromatic heterocycles. The van der Waals surface area contributed by atoms with Crippen LogP contribution in [0.15, 0.2) is 14.8 Å². The highest BCUT2D eigenvalue weighted by Gasteiger charge is 2.30. The van der Waals surface area contributed by atoms with Gasteiger partial charge in [0.15, 0.2) is 5.76 Å². The first-order chi connectivity index (χ1) is 9.27. The van der Waals surface area contributed by atoms with E-state index in [2.05, 4.69) is 9.89 Å². The van der Waals surface area contributed by atoms with E-state index in [4.69, 9.17) is 21.3 Å². The summed E-state index contributed by atoms with van der Waals surface area (Å²) in [6, 6.07) is 0.